The van der Waals surface area contributed by atoms with Gasteiger partial charge in [-0.05, 0) is 47.0 Å². The van der Waals surface area contributed by atoms with Crippen molar-refractivity contribution >= 4 is 12.1 Å². The number of carbonyl (C=O) groups is 2. The van der Waals surface area contributed by atoms with E-state index in [0.29, 0.717) is 32.4 Å². The number of carboxylic acid groups (broad SMARTS) is 1. The average Bonchev–Trinajstić information content (AvgIpc) is 2.37. The maximum atomic E-state index is 12.0. The van der Waals surface area contributed by atoms with Crippen LogP contribution in [0.5, 0.6) is 0 Å². The van der Waals surface area contributed by atoms with Gasteiger partial charge in [-0.15, -0.1) is 0 Å². The van der Waals surface area contributed by atoms with E-state index >= 15 is 0 Å². The lowest BCUT2D eigenvalue weighted by Gasteiger charge is -2.40. The number of methoxy groups -OCH3 is 1. The number of nitrogens with zero attached hydrogens (tertiary/aromatic N) is 1. The molecule has 1 aliphatic rings. The third kappa shape index (κ3) is 4.88. The maximum absolute atomic E-state index is 12.0. The zero-order valence-corrected chi connectivity index (χ0v) is 13.6. The van der Waals surface area contributed by atoms with Gasteiger partial charge in [-0.25, -0.2) is 4.79 Å². The zero-order valence-electron chi connectivity index (χ0n) is 13.6. The highest BCUT2D eigenvalue weighted by Gasteiger charge is 2.43. The van der Waals surface area contributed by atoms with E-state index in [1.165, 1.54) is 0 Å². The Kier molecular flexibility index (Phi) is 5.61. The average molecular weight is 301 g/mol. The highest BCUT2D eigenvalue weighted by atomic mass is 16.6. The van der Waals surface area contributed by atoms with E-state index in [1.807, 2.05) is 27.7 Å². The predicted octanol–water partition coefficient (Wildman–Crippen LogP) is 2.51. The first kappa shape index (κ1) is 17.8. The minimum absolute atomic E-state index is 0.117. The van der Waals surface area contributed by atoms with Crippen molar-refractivity contribution in [2.24, 2.45) is 5.41 Å². The molecule has 0 aromatic heterocycles. The fraction of sp³-hybridized carbons (Fsp3) is 0.867. The maximum Gasteiger partial charge on any atom is 0.410 e. The van der Waals surface area contributed by atoms with Crippen LogP contribution in [0.2, 0.25) is 0 Å². The number of rotatable bonds is 4. The summed E-state index contributed by atoms with van der Waals surface area (Å²) >= 11 is 0. The number of likely N-dealkylation sites (tertiary alicyclic amines) is 1. The Morgan fingerprint density at radius 1 is 1.29 bits per heavy atom. The van der Waals surface area contributed by atoms with Gasteiger partial charge < -0.3 is 19.5 Å². The van der Waals surface area contributed by atoms with Gasteiger partial charge in [0.2, 0.25) is 0 Å². The lowest BCUT2D eigenvalue weighted by atomic mass is 9.74. The number of ether oxygens (including phenoxy) is 2. The van der Waals surface area contributed by atoms with Crippen LogP contribution in [0.3, 0.4) is 0 Å². The summed E-state index contributed by atoms with van der Waals surface area (Å²) in [5, 5.41) is 9.55. The largest absolute Gasteiger partial charge is 0.481 e. The van der Waals surface area contributed by atoms with Crippen LogP contribution in [-0.4, -0.2) is 54.0 Å². The van der Waals surface area contributed by atoms with Crippen LogP contribution < -0.4 is 0 Å². The van der Waals surface area contributed by atoms with Crippen molar-refractivity contribution in [3.8, 4) is 0 Å². The molecule has 1 fully saturated rings. The fourth-order valence-electron chi connectivity index (χ4n) is 2.58. The molecular formula is C15H27NO5. The molecule has 1 amide bonds. The molecule has 21 heavy (non-hydrogen) atoms. The quantitative estimate of drug-likeness (QED) is 0.863. The molecular weight excluding hydrogens is 274 g/mol. The summed E-state index contributed by atoms with van der Waals surface area (Å²) in [5.41, 5.74) is -1.35. The van der Waals surface area contributed by atoms with E-state index in [2.05, 4.69) is 0 Å². The van der Waals surface area contributed by atoms with Crippen LogP contribution in [-0.2, 0) is 14.3 Å². The highest BCUT2D eigenvalue weighted by Crippen LogP contribution is 2.37. The first-order valence-corrected chi connectivity index (χ1v) is 7.34. The minimum atomic E-state index is -0.812. The third-order valence-corrected chi connectivity index (χ3v) is 3.91. The van der Waals surface area contributed by atoms with Gasteiger partial charge in [0, 0.05) is 20.2 Å². The van der Waals surface area contributed by atoms with E-state index in [0.717, 1.165) is 0 Å². The number of hydrogen-bond acceptors (Lipinski definition) is 4. The van der Waals surface area contributed by atoms with Crippen molar-refractivity contribution in [3.63, 3.8) is 0 Å². The van der Waals surface area contributed by atoms with E-state index in [9.17, 15) is 14.7 Å². The van der Waals surface area contributed by atoms with Gasteiger partial charge in [-0.1, -0.05) is 0 Å². The number of amides is 1. The molecule has 0 aliphatic carbocycles. The van der Waals surface area contributed by atoms with Crippen LogP contribution in [0, 0.1) is 5.41 Å². The summed E-state index contributed by atoms with van der Waals surface area (Å²) in [6.07, 6.45) is 0.821. The summed E-state index contributed by atoms with van der Waals surface area (Å²) in [6, 6.07) is 0. The molecule has 1 rings (SSSR count). The van der Waals surface area contributed by atoms with Gasteiger partial charge in [0.1, 0.15) is 5.60 Å². The molecule has 1 heterocycles. The van der Waals surface area contributed by atoms with Gasteiger partial charge in [-0.2, -0.15) is 0 Å². The van der Waals surface area contributed by atoms with Gasteiger partial charge in [0.05, 0.1) is 11.5 Å². The first-order chi connectivity index (χ1) is 9.59. The fourth-order valence-corrected chi connectivity index (χ4v) is 2.58. The van der Waals surface area contributed by atoms with Crippen molar-refractivity contribution in [1.82, 2.24) is 4.90 Å². The second-order valence-electron chi connectivity index (χ2n) is 6.80. The molecule has 122 valence electrons. The highest BCUT2D eigenvalue weighted by molar-refractivity contribution is 5.75. The molecule has 1 atom stereocenters. The summed E-state index contributed by atoms with van der Waals surface area (Å²) in [4.78, 5) is 25.2. The Balaban J connectivity index is 2.67. The monoisotopic (exact) mass is 301 g/mol. The van der Waals surface area contributed by atoms with E-state index in [1.54, 1.807) is 12.0 Å². The Hall–Kier alpha value is -1.30. The van der Waals surface area contributed by atoms with Crippen molar-refractivity contribution in [2.45, 2.75) is 58.7 Å². The molecule has 1 N–H and O–H groups in total. The molecule has 1 saturated heterocycles. The van der Waals surface area contributed by atoms with Gasteiger partial charge >= 0.3 is 12.1 Å². The Morgan fingerprint density at radius 3 is 2.19 bits per heavy atom. The van der Waals surface area contributed by atoms with Crippen LogP contribution in [0.1, 0.15) is 47.0 Å². The molecule has 6 nitrogen and oxygen atoms in total. The molecule has 1 unspecified atom stereocenters. The summed E-state index contributed by atoms with van der Waals surface area (Å²) in [6.45, 7) is 8.12. The molecule has 6 heteroatoms. The van der Waals surface area contributed by atoms with Crippen LogP contribution in [0.25, 0.3) is 0 Å². The number of carbonyl (C=O) groups excluding carboxylic acids is 1. The van der Waals surface area contributed by atoms with Crippen molar-refractivity contribution < 1.29 is 24.2 Å². The topological polar surface area (TPSA) is 76.1 Å². The Morgan fingerprint density at radius 2 is 1.81 bits per heavy atom. The van der Waals surface area contributed by atoms with Gasteiger partial charge in [0.25, 0.3) is 0 Å². The summed E-state index contributed by atoms with van der Waals surface area (Å²) in [5.74, 6) is -0.810. The third-order valence-electron chi connectivity index (χ3n) is 3.91. The lowest BCUT2D eigenvalue weighted by molar-refractivity contribution is -0.154. The van der Waals surface area contributed by atoms with Crippen molar-refractivity contribution in [2.75, 3.05) is 20.2 Å². The molecule has 0 saturated carbocycles. The SMILES string of the molecule is COC(C)CC1(C(=O)O)CCN(C(=O)OC(C)(C)C)CC1. The van der Waals surface area contributed by atoms with E-state index in [4.69, 9.17) is 9.47 Å². The zero-order chi connectivity index (χ0) is 16.3. The number of piperidine rings is 1. The predicted molar refractivity (Wildman–Crippen MR) is 78.2 cm³/mol. The molecule has 0 aromatic rings. The first-order valence-electron chi connectivity index (χ1n) is 7.34. The molecule has 0 spiro atoms. The standard InChI is InChI=1S/C15H27NO5/c1-11(20-5)10-15(12(17)18)6-8-16(9-7-15)13(19)21-14(2,3)4/h11H,6-10H2,1-5H3,(H,17,18). The second kappa shape index (κ2) is 6.64. The molecule has 1 aliphatic heterocycles. The van der Waals surface area contributed by atoms with Crippen molar-refractivity contribution in [1.29, 1.82) is 0 Å². The molecule has 0 radical (unpaired) electrons. The van der Waals surface area contributed by atoms with Gasteiger partial charge in [-0.3, -0.25) is 4.79 Å². The van der Waals surface area contributed by atoms with E-state index < -0.39 is 17.0 Å². The Labute approximate surface area is 126 Å². The van der Waals surface area contributed by atoms with Gasteiger partial charge in [0.15, 0.2) is 0 Å². The van der Waals surface area contributed by atoms with Crippen LogP contribution in [0.4, 0.5) is 4.79 Å². The number of carboxylic acids is 1. The normalized spacial score (nSPS) is 20.0. The van der Waals surface area contributed by atoms with Crippen LogP contribution >= 0.6 is 0 Å². The number of aliphatic carboxylic acids is 1. The Bertz CT molecular complexity index is 380. The lowest BCUT2D eigenvalue weighted by Crippen LogP contribution is -2.48. The summed E-state index contributed by atoms with van der Waals surface area (Å²) < 4.78 is 10.5. The summed E-state index contributed by atoms with van der Waals surface area (Å²) in [7, 11) is 1.58. The minimum Gasteiger partial charge on any atom is -0.481 e. The van der Waals surface area contributed by atoms with E-state index in [-0.39, 0.29) is 12.2 Å². The molecule has 0 bridgehead atoms. The second-order valence-corrected chi connectivity index (χ2v) is 6.80. The number of hydrogen-bond donors (Lipinski definition) is 1. The van der Waals surface area contributed by atoms with Crippen LogP contribution in [0.15, 0.2) is 0 Å². The molecule has 0 aromatic carbocycles. The smallest absolute Gasteiger partial charge is 0.410 e. The van der Waals surface area contributed by atoms with Crippen molar-refractivity contribution in [3.05, 3.63) is 0 Å².